The van der Waals surface area contributed by atoms with Gasteiger partial charge in [0.15, 0.2) is 0 Å². The summed E-state index contributed by atoms with van der Waals surface area (Å²) in [6, 6.07) is 20.4. The van der Waals surface area contributed by atoms with Gasteiger partial charge in [0, 0.05) is 18.8 Å². The van der Waals surface area contributed by atoms with Crippen LogP contribution in [0.2, 0.25) is 0 Å². The van der Waals surface area contributed by atoms with Gasteiger partial charge >= 0.3 is 0 Å². The molecule has 2 aromatic carbocycles. The molecule has 0 amide bonds. The lowest BCUT2D eigenvalue weighted by Crippen LogP contribution is -2.31. The average molecular weight is 665 g/mol. The van der Waals surface area contributed by atoms with Crippen molar-refractivity contribution in [2.75, 3.05) is 12.8 Å². The van der Waals surface area contributed by atoms with E-state index in [1.807, 2.05) is 38.1 Å². The van der Waals surface area contributed by atoms with E-state index in [1.54, 1.807) is 0 Å². The van der Waals surface area contributed by atoms with Crippen LogP contribution in [0.4, 0.5) is 0 Å². The summed E-state index contributed by atoms with van der Waals surface area (Å²) in [6.07, 6.45) is 11.3. The Morgan fingerprint density at radius 1 is 0.739 bits per heavy atom. The fraction of sp³-hybridized carbons (Fsp3) is 0.632. The van der Waals surface area contributed by atoms with Crippen LogP contribution < -0.4 is 11.5 Å². The van der Waals surface area contributed by atoms with Gasteiger partial charge < -0.3 is 11.5 Å². The lowest BCUT2D eigenvalue weighted by Gasteiger charge is -2.14. The average Bonchev–Trinajstić information content (AvgIpc) is 2.98. The number of unbranched alkanes of at least 4 members (excludes halogenated alkanes) is 3. The first-order chi connectivity index (χ1) is 21.3. The molecule has 0 aliphatic rings. The molecule has 0 aliphatic carbocycles. The second-order valence-electron chi connectivity index (χ2n) is 12.0. The highest BCUT2D eigenvalue weighted by Gasteiger charge is 2.17. The highest BCUT2D eigenvalue weighted by Crippen LogP contribution is 2.18. The Hall–Kier alpha value is -2.39. The number of nitrogens with two attached hydrogens (primary N) is 2. The molecule has 0 spiro atoms. The molecule has 0 radical (unpaired) electrons. The van der Waals surface area contributed by atoms with Crippen LogP contribution in [0.3, 0.4) is 0 Å². The number of rotatable bonds is 18. The van der Waals surface area contributed by atoms with E-state index in [0.29, 0.717) is 36.8 Å². The monoisotopic (exact) mass is 664 g/mol. The van der Waals surface area contributed by atoms with Gasteiger partial charge in [-0.1, -0.05) is 135 Å². The maximum absolute atomic E-state index is 12.1. The summed E-state index contributed by atoms with van der Waals surface area (Å²) in [6.45, 7) is 13.3. The van der Waals surface area contributed by atoms with E-state index in [9.17, 15) is 18.0 Å². The molecule has 46 heavy (non-hydrogen) atoms. The molecule has 4 atom stereocenters. The summed E-state index contributed by atoms with van der Waals surface area (Å²) in [5.41, 5.74) is 14.0. The van der Waals surface area contributed by atoms with Crippen molar-refractivity contribution >= 4 is 21.7 Å². The molecule has 0 bridgehead atoms. The van der Waals surface area contributed by atoms with Crippen LogP contribution in [0.25, 0.3) is 0 Å². The first kappa shape index (κ1) is 48.0. The third kappa shape index (κ3) is 30.3. The lowest BCUT2D eigenvalue weighted by atomic mass is 9.89. The number of carbonyl (C=O) groups excluding carboxylic acids is 2. The molecule has 8 heteroatoms. The lowest BCUT2D eigenvalue weighted by molar-refractivity contribution is -0.123. The molecule has 2 rings (SSSR count). The molecule has 7 nitrogen and oxygen atoms in total. The number of Topliss-reactive ketones (excluding diaryl/α,β-unsaturated/α-hetero) is 2. The summed E-state index contributed by atoms with van der Waals surface area (Å²) < 4.78 is 25.9. The Balaban J connectivity index is -0.000000657. The van der Waals surface area contributed by atoms with Gasteiger partial charge in [0.2, 0.25) is 0 Å². The van der Waals surface area contributed by atoms with Crippen molar-refractivity contribution in [2.45, 2.75) is 126 Å². The van der Waals surface area contributed by atoms with Crippen LogP contribution in [0.5, 0.6) is 0 Å². The van der Waals surface area contributed by atoms with Crippen molar-refractivity contribution in [2.24, 2.45) is 29.2 Å². The second-order valence-corrected chi connectivity index (χ2v) is 13.4. The third-order valence-electron chi connectivity index (χ3n) is 7.13. The van der Waals surface area contributed by atoms with Crippen LogP contribution in [0.15, 0.2) is 60.7 Å². The highest BCUT2D eigenvalue weighted by molar-refractivity contribution is 7.85. The molecule has 2 aromatic rings. The summed E-state index contributed by atoms with van der Waals surface area (Å²) in [4.78, 5) is 24.1. The molecule has 0 aliphatic heterocycles. The largest absolute Gasteiger partial charge is 0.330 e. The zero-order chi connectivity index (χ0) is 34.7. The Morgan fingerprint density at radius 2 is 1.13 bits per heavy atom. The van der Waals surface area contributed by atoms with Gasteiger partial charge in [-0.2, -0.15) is 8.42 Å². The van der Waals surface area contributed by atoms with E-state index in [4.69, 9.17) is 16.0 Å². The minimum Gasteiger partial charge on any atom is -0.330 e. The molecular formula is C38H68N2O5S. The van der Waals surface area contributed by atoms with Crippen LogP contribution in [-0.4, -0.2) is 43.4 Å². The zero-order valence-corrected chi connectivity index (χ0v) is 30.0. The van der Waals surface area contributed by atoms with Crippen molar-refractivity contribution in [3.8, 4) is 0 Å². The Bertz CT molecular complexity index is 1010. The second kappa shape index (κ2) is 30.0. The predicted molar refractivity (Wildman–Crippen MR) is 198 cm³/mol. The van der Waals surface area contributed by atoms with E-state index < -0.39 is 10.1 Å². The first-order valence-corrected chi connectivity index (χ1v) is 18.6. The fourth-order valence-electron chi connectivity index (χ4n) is 4.75. The predicted octanol–water partition coefficient (Wildman–Crippen LogP) is 8.49. The molecular weight excluding hydrogens is 596 g/mol. The van der Waals surface area contributed by atoms with E-state index in [0.717, 1.165) is 44.9 Å². The Kier molecular flexibility index (Phi) is 31.3. The quantitative estimate of drug-likeness (QED) is 0.107. The van der Waals surface area contributed by atoms with E-state index >= 15 is 0 Å². The first-order valence-electron chi connectivity index (χ1n) is 16.8. The van der Waals surface area contributed by atoms with E-state index in [1.165, 1.54) is 30.4 Å². The standard InChI is InChI=1S/C18H28O.C16H26N2O.C2H6.CH4O3S.CH4/c1-4-5-7-10-16(3)18(19)14-15(2)13-17-11-8-6-9-12-17;1-13(11-14-7-3-2-4-8-14)12-16(19)15(18)9-5-6-10-17;1-2;1-5(2,3)4;/h6,8-9,11-12,15-16H,4-5,7,10,13-14H2,1-3H3;2-4,7-8,13,15H,5-6,9-12,17-18H2,1H3;1-2H3;1H3,(H,2,3,4);1H4/t15-,16-;13-,15-;;;/m00.../s1. The van der Waals surface area contributed by atoms with Crippen molar-refractivity contribution in [1.29, 1.82) is 0 Å². The van der Waals surface area contributed by atoms with Crippen LogP contribution >= 0.6 is 0 Å². The number of benzene rings is 2. The smallest absolute Gasteiger partial charge is 0.261 e. The summed E-state index contributed by atoms with van der Waals surface area (Å²) >= 11 is 0. The number of hydrogen-bond acceptors (Lipinski definition) is 6. The fourth-order valence-corrected chi connectivity index (χ4v) is 4.75. The molecule has 266 valence electrons. The summed E-state index contributed by atoms with van der Waals surface area (Å²) in [7, 11) is -3.67. The molecule has 0 saturated heterocycles. The van der Waals surface area contributed by atoms with Crippen molar-refractivity contribution in [3.63, 3.8) is 0 Å². The van der Waals surface area contributed by atoms with Crippen molar-refractivity contribution in [3.05, 3.63) is 71.8 Å². The van der Waals surface area contributed by atoms with Crippen LogP contribution in [-0.2, 0) is 32.5 Å². The maximum atomic E-state index is 12.1. The zero-order valence-electron chi connectivity index (χ0n) is 29.2. The van der Waals surface area contributed by atoms with Crippen molar-refractivity contribution < 1.29 is 22.6 Å². The summed E-state index contributed by atoms with van der Waals surface area (Å²) in [5.74, 6) is 1.66. The Labute approximate surface area is 283 Å². The van der Waals surface area contributed by atoms with Gasteiger partial charge in [-0.3, -0.25) is 14.1 Å². The minimum absolute atomic E-state index is 0. The van der Waals surface area contributed by atoms with E-state index in [2.05, 4.69) is 64.1 Å². The molecule has 5 N–H and O–H groups in total. The number of ketones is 2. The normalized spacial score (nSPS) is 13.0. The topological polar surface area (TPSA) is 141 Å². The maximum Gasteiger partial charge on any atom is 0.261 e. The van der Waals surface area contributed by atoms with Gasteiger partial charge in [-0.05, 0) is 61.6 Å². The van der Waals surface area contributed by atoms with Gasteiger partial charge in [0.1, 0.15) is 11.6 Å². The van der Waals surface area contributed by atoms with E-state index in [-0.39, 0.29) is 25.2 Å². The van der Waals surface area contributed by atoms with Crippen LogP contribution in [0, 0.1) is 17.8 Å². The number of carbonyl (C=O) groups is 2. The van der Waals surface area contributed by atoms with Gasteiger partial charge in [-0.25, -0.2) is 0 Å². The molecule has 0 unspecified atom stereocenters. The molecule has 0 aromatic heterocycles. The number of hydrogen-bond donors (Lipinski definition) is 3. The van der Waals surface area contributed by atoms with Gasteiger partial charge in [-0.15, -0.1) is 0 Å². The van der Waals surface area contributed by atoms with Crippen LogP contribution in [0.1, 0.15) is 118 Å². The SMILES string of the molecule is C.CC.CCCCC[C@H](C)C(=O)C[C@@H](C)Cc1ccccc1.CS(=O)(=O)O.C[C@H](CC(=O)[C@@H](N)CCCCN)Cc1ccccc1. The van der Waals surface area contributed by atoms with Gasteiger partial charge in [0.05, 0.1) is 12.3 Å². The molecule has 0 saturated carbocycles. The molecule has 0 heterocycles. The summed E-state index contributed by atoms with van der Waals surface area (Å²) in [5, 5.41) is 0. The third-order valence-corrected chi connectivity index (χ3v) is 7.13. The van der Waals surface area contributed by atoms with Gasteiger partial charge in [0.25, 0.3) is 10.1 Å². The minimum atomic E-state index is -3.67. The Morgan fingerprint density at radius 3 is 1.52 bits per heavy atom. The molecule has 0 fully saturated rings. The highest BCUT2D eigenvalue weighted by atomic mass is 32.2. The van der Waals surface area contributed by atoms with Crippen molar-refractivity contribution in [1.82, 2.24) is 0 Å².